The van der Waals surface area contributed by atoms with Crippen molar-refractivity contribution in [3.63, 3.8) is 0 Å². The second kappa shape index (κ2) is 9.83. The Morgan fingerprint density at radius 2 is 1.76 bits per heavy atom. The molecule has 1 saturated heterocycles. The average Bonchev–Trinajstić information content (AvgIpc) is 3.35. The van der Waals surface area contributed by atoms with Crippen molar-refractivity contribution >= 4 is 5.95 Å². The number of rotatable bonds is 7. The Morgan fingerprint density at radius 3 is 2.52 bits per heavy atom. The van der Waals surface area contributed by atoms with E-state index >= 15 is 0 Å². The highest BCUT2D eigenvalue weighted by molar-refractivity contribution is 5.77. The van der Waals surface area contributed by atoms with E-state index in [2.05, 4.69) is 32.7 Å². The number of piperidine rings is 1. The van der Waals surface area contributed by atoms with Crippen molar-refractivity contribution in [2.45, 2.75) is 25.3 Å². The molecule has 0 radical (unpaired) electrons. The Balaban J connectivity index is 1.43. The summed E-state index contributed by atoms with van der Waals surface area (Å²) >= 11 is 0. The maximum atomic E-state index is 5.23. The monoisotopic (exact) mass is 440 g/mol. The van der Waals surface area contributed by atoms with Crippen LogP contribution in [0.2, 0.25) is 0 Å². The first-order chi connectivity index (χ1) is 16.3. The number of anilines is 1. The largest absolute Gasteiger partial charge is 0.497 e. The molecular weight excluding hydrogens is 412 g/mol. The molecule has 0 atom stereocenters. The van der Waals surface area contributed by atoms with E-state index in [-0.39, 0.29) is 0 Å². The first-order valence-electron chi connectivity index (χ1n) is 11.4. The zero-order chi connectivity index (χ0) is 22.5. The Labute approximate surface area is 193 Å². The third-order valence-electron chi connectivity index (χ3n) is 6.02. The Hall–Kier alpha value is -3.71. The molecule has 0 spiro atoms. The lowest BCUT2D eigenvalue weighted by atomic mass is 9.98. The van der Waals surface area contributed by atoms with E-state index in [1.807, 2.05) is 48.5 Å². The molecule has 0 unspecified atom stereocenters. The van der Waals surface area contributed by atoms with Crippen molar-refractivity contribution in [3.8, 4) is 28.4 Å². The first kappa shape index (κ1) is 21.2. The van der Waals surface area contributed by atoms with Crippen molar-refractivity contribution < 1.29 is 4.74 Å². The molecule has 1 aliphatic rings. The summed E-state index contributed by atoms with van der Waals surface area (Å²) in [5.74, 6) is 2.89. The molecule has 0 aliphatic carbocycles. The predicted octanol–water partition coefficient (Wildman–Crippen LogP) is 4.62. The van der Waals surface area contributed by atoms with Crippen molar-refractivity contribution in [1.82, 2.24) is 25.3 Å². The summed E-state index contributed by atoms with van der Waals surface area (Å²) in [7, 11) is 1.67. The van der Waals surface area contributed by atoms with Gasteiger partial charge in [0.2, 0.25) is 5.95 Å². The maximum absolute atomic E-state index is 5.23. The van der Waals surface area contributed by atoms with Gasteiger partial charge >= 0.3 is 0 Å². The summed E-state index contributed by atoms with van der Waals surface area (Å²) < 4.78 is 5.23. The van der Waals surface area contributed by atoms with Gasteiger partial charge in [0.15, 0.2) is 0 Å². The fraction of sp³-hybridized carbons (Fsp3) is 0.269. The molecule has 3 heterocycles. The molecule has 7 nitrogen and oxygen atoms in total. The van der Waals surface area contributed by atoms with Gasteiger partial charge in [0, 0.05) is 24.2 Å². The molecule has 33 heavy (non-hydrogen) atoms. The Kier molecular flexibility index (Phi) is 6.30. The zero-order valence-corrected chi connectivity index (χ0v) is 18.7. The molecule has 2 aromatic heterocycles. The van der Waals surface area contributed by atoms with Gasteiger partial charge in [0.1, 0.15) is 11.6 Å². The number of nitrogens with zero attached hydrogens (tertiary/aromatic N) is 3. The van der Waals surface area contributed by atoms with Gasteiger partial charge < -0.3 is 20.4 Å². The second-order valence-corrected chi connectivity index (χ2v) is 8.20. The minimum atomic E-state index is 0.428. The quantitative estimate of drug-likeness (QED) is 0.389. The average molecular weight is 441 g/mol. The molecular formula is C26H28N6O. The number of methoxy groups -OCH3 is 1. The van der Waals surface area contributed by atoms with Gasteiger partial charge in [-0.3, -0.25) is 0 Å². The standard InChI is InChI=1S/C26H28N6O/c1-33-21-9-7-18(8-10-21)17-29-26-28-16-13-22(30-26)24-23(19-5-3-2-4-6-19)31-25(32-24)20-11-14-27-15-12-20/h2-10,13,16,20,27H,11-12,14-15,17H2,1H3,(H,31,32)(H,28,29,30). The lowest BCUT2D eigenvalue weighted by molar-refractivity contribution is 0.414. The van der Waals surface area contributed by atoms with Crippen LogP contribution in [0, 0.1) is 0 Å². The Bertz CT molecular complexity index is 1180. The first-order valence-corrected chi connectivity index (χ1v) is 11.4. The fourth-order valence-electron chi connectivity index (χ4n) is 4.18. The number of aromatic nitrogens is 4. The molecule has 0 bridgehead atoms. The fourth-order valence-corrected chi connectivity index (χ4v) is 4.18. The minimum Gasteiger partial charge on any atom is -0.497 e. The highest BCUT2D eigenvalue weighted by atomic mass is 16.5. The molecule has 2 aromatic carbocycles. The van der Waals surface area contributed by atoms with Crippen molar-refractivity contribution in [2.24, 2.45) is 0 Å². The number of hydrogen-bond donors (Lipinski definition) is 3. The summed E-state index contributed by atoms with van der Waals surface area (Å²) in [5.41, 5.74) is 4.90. The van der Waals surface area contributed by atoms with E-state index in [0.717, 1.165) is 65.7 Å². The number of aromatic amines is 1. The van der Waals surface area contributed by atoms with Crippen LogP contribution in [0.25, 0.3) is 22.6 Å². The third-order valence-corrected chi connectivity index (χ3v) is 6.02. The van der Waals surface area contributed by atoms with Crippen LogP contribution in [-0.2, 0) is 6.54 Å². The minimum absolute atomic E-state index is 0.428. The Morgan fingerprint density at radius 1 is 0.970 bits per heavy atom. The van der Waals surface area contributed by atoms with Crippen molar-refractivity contribution in [2.75, 3.05) is 25.5 Å². The van der Waals surface area contributed by atoms with E-state index < -0.39 is 0 Å². The van der Waals surface area contributed by atoms with Crippen LogP contribution in [0.15, 0.2) is 66.9 Å². The van der Waals surface area contributed by atoms with Crippen LogP contribution in [0.1, 0.15) is 30.1 Å². The van der Waals surface area contributed by atoms with E-state index in [4.69, 9.17) is 14.7 Å². The molecule has 7 heteroatoms. The highest BCUT2D eigenvalue weighted by Crippen LogP contribution is 2.33. The van der Waals surface area contributed by atoms with Crippen LogP contribution in [0.5, 0.6) is 5.75 Å². The van der Waals surface area contributed by atoms with Crippen molar-refractivity contribution in [3.05, 3.63) is 78.2 Å². The van der Waals surface area contributed by atoms with Crippen molar-refractivity contribution in [1.29, 1.82) is 0 Å². The number of imidazole rings is 1. The lowest BCUT2D eigenvalue weighted by Crippen LogP contribution is -2.27. The van der Waals surface area contributed by atoms with E-state index in [9.17, 15) is 0 Å². The van der Waals surface area contributed by atoms with Crippen LogP contribution in [-0.4, -0.2) is 40.1 Å². The van der Waals surface area contributed by atoms with Gasteiger partial charge in [0.25, 0.3) is 0 Å². The topological polar surface area (TPSA) is 87.8 Å². The number of ether oxygens (including phenoxy) is 1. The summed E-state index contributed by atoms with van der Waals surface area (Å²) in [6.07, 6.45) is 3.96. The third kappa shape index (κ3) is 4.88. The predicted molar refractivity (Wildman–Crippen MR) is 130 cm³/mol. The molecule has 1 aliphatic heterocycles. The summed E-state index contributed by atoms with van der Waals surface area (Å²) in [6.45, 7) is 2.67. The lowest BCUT2D eigenvalue weighted by Gasteiger charge is -2.20. The van der Waals surface area contributed by atoms with Gasteiger partial charge in [0.05, 0.1) is 24.2 Å². The van der Waals surface area contributed by atoms with E-state index in [0.29, 0.717) is 18.4 Å². The summed E-state index contributed by atoms with van der Waals surface area (Å²) in [5, 5.41) is 6.77. The van der Waals surface area contributed by atoms with Gasteiger partial charge in [-0.15, -0.1) is 0 Å². The SMILES string of the molecule is COc1ccc(CNc2nccc(-c3[nH]c(C4CCNCC4)nc3-c3ccccc3)n2)cc1. The molecule has 0 saturated carbocycles. The highest BCUT2D eigenvalue weighted by Gasteiger charge is 2.22. The molecule has 3 N–H and O–H groups in total. The normalized spacial score (nSPS) is 14.2. The van der Waals surface area contributed by atoms with Gasteiger partial charge in [-0.25, -0.2) is 15.0 Å². The number of benzene rings is 2. The smallest absolute Gasteiger partial charge is 0.223 e. The molecule has 4 aromatic rings. The number of H-pyrrole nitrogens is 1. The van der Waals surface area contributed by atoms with Gasteiger partial charge in [-0.2, -0.15) is 0 Å². The summed E-state index contributed by atoms with van der Waals surface area (Å²) in [6, 6.07) is 20.2. The zero-order valence-electron chi connectivity index (χ0n) is 18.7. The summed E-state index contributed by atoms with van der Waals surface area (Å²) in [4.78, 5) is 17.9. The van der Waals surface area contributed by atoms with Crippen LogP contribution >= 0.6 is 0 Å². The van der Waals surface area contributed by atoms with E-state index in [1.54, 1.807) is 13.3 Å². The number of nitrogens with one attached hydrogen (secondary N) is 3. The maximum Gasteiger partial charge on any atom is 0.223 e. The number of hydrogen-bond acceptors (Lipinski definition) is 6. The molecule has 168 valence electrons. The molecule has 0 amide bonds. The van der Waals surface area contributed by atoms with E-state index in [1.165, 1.54) is 0 Å². The molecule has 5 rings (SSSR count). The van der Waals surface area contributed by atoms with Crippen LogP contribution in [0.3, 0.4) is 0 Å². The molecule has 1 fully saturated rings. The second-order valence-electron chi connectivity index (χ2n) is 8.20. The van der Waals surface area contributed by atoms with Gasteiger partial charge in [-0.1, -0.05) is 42.5 Å². The van der Waals surface area contributed by atoms with Crippen LogP contribution < -0.4 is 15.4 Å². The van der Waals surface area contributed by atoms with Crippen LogP contribution in [0.4, 0.5) is 5.95 Å². The van der Waals surface area contributed by atoms with Gasteiger partial charge in [-0.05, 0) is 49.7 Å².